The fraction of sp³-hybridized carbons (Fsp3) is 0.357. The molecule has 1 rings (SSSR count). The molecule has 2 heteroatoms. The van der Waals surface area contributed by atoms with Gasteiger partial charge in [0.15, 0.2) is 0 Å². The molecule has 0 aliphatic carbocycles. The molecule has 0 saturated heterocycles. The molecule has 0 heterocycles. The zero-order valence-electron chi connectivity index (χ0n) is 10.0. The summed E-state index contributed by atoms with van der Waals surface area (Å²) in [5.41, 5.74) is 1.11. The minimum absolute atomic E-state index is 0.0763. The van der Waals surface area contributed by atoms with Crippen molar-refractivity contribution < 1.29 is 9.53 Å². The van der Waals surface area contributed by atoms with Gasteiger partial charge in [0, 0.05) is 0 Å². The number of carbonyl (C=O) groups excluding carboxylic acids is 1. The summed E-state index contributed by atoms with van der Waals surface area (Å²) in [6, 6.07) is 9.94. The molecule has 0 fully saturated rings. The van der Waals surface area contributed by atoms with Gasteiger partial charge in [-0.05, 0) is 18.6 Å². The second-order valence-electron chi connectivity index (χ2n) is 4.07. The standard InChI is InChI=1S/C14H18O2/c1-11(2)14(15)16-12(3)9-10-13-7-5-4-6-8-13/h4-12H,1-3H3/b10-9+/t12-/m1/s1. The summed E-state index contributed by atoms with van der Waals surface area (Å²) in [5, 5.41) is 0. The maximum atomic E-state index is 11.3. The van der Waals surface area contributed by atoms with Gasteiger partial charge in [0.1, 0.15) is 6.10 Å². The lowest BCUT2D eigenvalue weighted by Gasteiger charge is -2.10. The molecule has 86 valence electrons. The summed E-state index contributed by atoms with van der Waals surface area (Å²) >= 11 is 0. The first-order chi connectivity index (χ1) is 7.59. The van der Waals surface area contributed by atoms with Crippen molar-refractivity contribution in [2.24, 2.45) is 5.92 Å². The summed E-state index contributed by atoms with van der Waals surface area (Å²) in [7, 11) is 0. The number of ether oxygens (including phenoxy) is 1. The van der Waals surface area contributed by atoms with Gasteiger partial charge in [-0.1, -0.05) is 50.3 Å². The van der Waals surface area contributed by atoms with E-state index in [-0.39, 0.29) is 18.0 Å². The van der Waals surface area contributed by atoms with E-state index in [1.807, 2.05) is 63.3 Å². The average molecular weight is 218 g/mol. The van der Waals surface area contributed by atoms with Crippen LogP contribution in [0.25, 0.3) is 6.08 Å². The Hall–Kier alpha value is -1.57. The lowest BCUT2D eigenvalue weighted by molar-refractivity contribution is -0.149. The van der Waals surface area contributed by atoms with Crippen molar-refractivity contribution >= 4 is 12.0 Å². The molecule has 1 aromatic carbocycles. The highest BCUT2D eigenvalue weighted by Gasteiger charge is 2.10. The van der Waals surface area contributed by atoms with E-state index in [2.05, 4.69) is 0 Å². The van der Waals surface area contributed by atoms with E-state index in [9.17, 15) is 4.79 Å². The van der Waals surface area contributed by atoms with Gasteiger partial charge >= 0.3 is 5.97 Å². The van der Waals surface area contributed by atoms with Crippen molar-refractivity contribution in [2.45, 2.75) is 26.9 Å². The monoisotopic (exact) mass is 218 g/mol. The van der Waals surface area contributed by atoms with E-state index in [0.29, 0.717) is 0 Å². The van der Waals surface area contributed by atoms with Crippen molar-refractivity contribution in [3.8, 4) is 0 Å². The van der Waals surface area contributed by atoms with Crippen molar-refractivity contribution in [2.75, 3.05) is 0 Å². The van der Waals surface area contributed by atoms with Gasteiger partial charge in [0.25, 0.3) is 0 Å². The fourth-order valence-electron chi connectivity index (χ4n) is 1.17. The number of benzene rings is 1. The third-order valence-corrected chi connectivity index (χ3v) is 2.13. The summed E-state index contributed by atoms with van der Waals surface area (Å²) in [5.74, 6) is -0.238. The molecule has 0 saturated carbocycles. The Balaban J connectivity index is 2.49. The predicted molar refractivity (Wildman–Crippen MR) is 65.9 cm³/mol. The van der Waals surface area contributed by atoms with Crippen LogP contribution in [-0.4, -0.2) is 12.1 Å². The largest absolute Gasteiger partial charge is 0.458 e. The van der Waals surface area contributed by atoms with Crippen LogP contribution in [0.15, 0.2) is 36.4 Å². The third kappa shape index (κ3) is 4.30. The molecule has 0 radical (unpaired) electrons. The number of hydrogen-bond donors (Lipinski definition) is 0. The summed E-state index contributed by atoms with van der Waals surface area (Å²) in [6.45, 7) is 5.52. The van der Waals surface area contributed by atoms with Crippen LogP contribution in [0.3, 0.4) is 0 Å². The zero-order valence-corrected chi connectivity index (χ0v) is 10.0. The van der Waals surface area contributed by atoms with Crippen LogP contribution < -0.4 is 0 Å². The molecule has 0 bridgehead atoms. The SMILES string of the molecule is CC(C)C(=O)O[C@H](C)/C=C/c1ccccc1. The maximum absolute atomic E-state index is 11.3. The van der Waals surface area contributed by atoms with E-state index < -0.39 is 0 Å². The van der Waals surface area contributed by atoms with Gasteiger partial charge in [-0.3, -0.25) is 4.79 Å². The van der Waals surface area contributed by atoms with Crippen molar-refractivity contribution in [3.63, 3.8) is 0 Å². The summed E-state index contributed by atoms with van der Waals surface area (Å²) in [4.78, 5) is 11.3. The minimum atomic E-state index is -0.185. The van der Waals surface area contributed by atoms with E-state index in [0.717, 1.165) is 5.56 Å². The minimum Gasteiger partial charge on any atom is -0.458 e. The summed E-state index contributed by atoms with van der Waals surface area (Å²) < 4.78 is 5.21. The number of rotatable bonds is 4. The third-order valence-electron chi connectivity index (χ3n) is 2.13. The van der Waals surface area contributed by atoms with Crippen molar-refractivity contribution in [1.29, 1.82) is 0 Å². The normalized spacial score (nSPS) is 13.0. The highest BCUT2D eigenvalue weighted by Crippen LogP contribution is 2.05. The molecule has 0 amide bonds. The number of carbonyl (C=O) groups is 1. The van der Waals surface area contributed by atoms with Gasteiger partial charge in [-0.15, -0.1) is 0 Å². The van der Waals surface area contributed by atoms with Crippen LogP contribution in [0.1, 0.15) is 26.3 Å². The van der Waals surface area contributed by atoms with Gasteiger partial charge in [-0.2, -0.15) is 0 Å². The number of hydrogen-bond acceptors (Lipinski definition) is 2. The molecule has 1 atom stereocenters. The molecule has 0 spiro atoms. The Kier molecular flexibility index (Phi) is 4.77. The molecule has 0 aliphatic rings. The molecule has 0 aromatic heterocycles. The van der Waals surface area contributed by atoms with E-state index in [1.54, 1.807) is 0 Å². The molecule has 1 aromatic rings. The van der Waals surface area contributed by atoms with Gasteiger partial charge in [0.2, 0.25) is 0 Å². The highest BCUT2D eigenvalue weighted by molar-refractivity contribution is 5.72. The lowest BCUT2D eigenvalue weighted by atomic mass is 10.2. The summed E-state index contributed by atoms with van der Waals surface area (Å²) in [6.07, 6.45) is 3.66. The van der Waals surface area contributed by atoms with E-state index in [1.165, 1.54) is 0 Å². The Morgan fingerprint density at radius 3 is 2.38 bits per heavy atom. The first kappa shape index (κ1) is 12.5. The van der Waals surface area contributed by atoms with Crippen LogP contribution in [0, 0.1) is 5.92 Å². The van der Waals surface area contributed by atoms with Crippen LogP contribution >= 0.6 is 0 Å². The Bertz CT molecular complexity index is 352. The van der Waals surface area contributed by atoms with Crippen molar-refractivity contribution in [1.82, 2.24) is 0 Å². The predicted octanol–water partition coefficient (Wildman–Crippen LogP) is 3.29. The molecule has 0 N–H and O–H groups in total. The first-order valence-corrected chi connectivity index (χ1v) is 5.53. The topological polar surface area (TPSA) is 26.3 Å². The molecule has 2 nitrogen and oxygen atoms in total. The van der Waals surface area contributed by atoms with Gasteiger partial charge in [0.05, 0.1) is 5.92 Å². The zero-order chi connectivity index (χ0) is 12.0. The average Bonchev–Trinajstić information content (AvgIpc) is 2.27. The van der Waals surface area contributed by atoms with Crippen molar-refractivity contribution in [3.05, 3.63) is 42.0 Å². The first-order valence-electron chi connectivity index (χ1n) is 5.53. The molecule has 0 aliphatic heterocycles. The highest BCUT2D eigenvalue weighted by atomic mass is 16.5. The van der Waals surface area contributed by atoms with Crippen LogP contribution in [0.4, 0.5) is 0 Å². The van der Waals surface area contributed by atoms with Gasteiger partial charge < -0.3 is 4.74 Å². The second kappa shape index (κ2) is 6.11. The van der Waals surface area contributed by atoms with Crippen LogP contribution in [0.2, 0.25) is 0 Å². The van der Waals surface area contributed by atoms with Gasteiger partial charge in [-0.25, -0.2) is 0 Å². The molecule has 0 unspecified atom stereocenters. The quantitative estimate of drug-likeness (QED) is 0.725. The van der Waals surface area contributed by atoms with Crippen LogP contribution in [0.5, 0.6) is 0 Å². The van der Waals surface area contributed by atoms with Crippen LogP contribution in [-0.2, 0) is 9.53 Å². The second-order valence-corrected chi connectivity index (χ2v) is 4.07. The Morgan fingerprint density at radius 1 is 1.19 bits per heavy atom. The molecular weight excluding hydrogens is 200 g/mol. The fourth-order valence-corrected chi connectivity index (χ4v) is 1.17. The lowest BCUT2D eigenvalue weighted by Crippen LogP contribution is -2.17. The van der Waals surface area contributed by atoms with E-state index >= 15 is 0 Å². The number of esters is 1. The Labute approximate surface area is 96.9 Å². The van der Waals surface area contributed by atoms with E-state index in [4.69, 9.17) is 4.74 Å². The molecular formula is C14H18O2. The molecule has 16 heavy (non-hydrogen) atoms. The maximum Gasteiger partial charge on any atom is 0.308 e. The smallest absolute Gasteiger partial charge is 0.308 e. The Morgan fingerprint density at radius 2 is 1.81 bits per heavy atom.